The number of aromatic nitrogens is 4. The second-order valence-corrected chi connectivity index (χ2v) is 17.7. The van der Waals surface area contributed by atoms with Crippen molar-refractivity contribution in [1.82, 2.24) is 14.1 Å². The zero-order valence-electron chi connectivity index (χ0n) is 34.0. The van der Waals surface area contributed by atoms with Crippen molar-refractivity contribution >= 4 is 32.8 Å². The minimum atomic E-state index is -0.760. The van der Waals surface area contributed by atoms with Crippen molar-refractivity contribution < 1.29 is 35.1 Å². The molecule has 59 heavy (non-hydrogen) atoms. The Morgan fingerprint density at radius 3 is 2.02 bits per heavy atom. The standard InChI is InChI=1S/C52H42N4O2.Pt/c1-50(2,3)37-16-13-21-44-47(37)52(48-38(51(4,5)6)17-14-22-45(48)58-44)36-27-25-33(30-43(36)55-31-54(7)41-20-12-18-39(52)49(41)55)57-32-24-26-35-34-15-8-9-19-40(34)56(42(35)29-32)46-23-10-11-28-53-46;/h8-28H,1-7H3;/q-2;. The fourth-order valence-corrected chi connectivity index (χ4v) is 9.72. The van der Waals surface area contributed by atoms with Crippen LogP contribution in [0.3, 0.4) is 0 Å². The van der Waals surface area contributed by atoms with Crippen LogP contribution in [0.1, 0.15) is 74.9 Å². The van der Waals surface area contributed by atoms with E-state index in [1.54, 1.807) is 0 Å². The van der Waals surface area contributed by atoms with Gasteiger partial charge in [0, 0.05) is 60.8 Å². The summed E-state index contributed by atoms with van der Waals surface area (Å²) in [5, 5.41) is 2.22. The Hall–Kier alpha value is -5.97. The third-order valence-electron chi connectivity index (χ3n) is 12.1. The second kappa shape index (κ2) is 13.0. The van der Waals surface area contributed by atoms with Crippen LogP contribution < -0.4 is 14.0 Å². The molecule has 0 amide bonds. The van der Waals surface area contributed by atoms with Crippen molar-refractivity contribution in [3.63, 3.8) is 0 Å². The molecule has 11 rings (SSSR count). The van der Waals surface area contributed by atoms with E-state index in [1.165, 1.54) is 27.8 Å². The fraction of sp³-hybridized carbons (Fsp3) is 0.192. The van der Waals surface area contributed by atoms with Crippen LogP contribution in [0.4, 0.5) is 0 Å². The molecule has 294 valence electrons. The van der Waals surface area contributed by atoms with E-state index in [2.05, 4.69) is 178 Å². The Kier molecular flexibility index (Phi) is 8.23. The van der Waals surface area contributed by atoms with Gasteiger partial charge in [0.1, 0.15) is 17.3 Å². The van der Waals surface area contributed by atoms with Gasteiger partial charge in [-0.25, -0.2) is 4.98 Å². The van der Waals surface area contributed by atoms with Gasteiger partial charge in [0.15, 0.2) is 0 Å². The molecule has 0 aliphatic carbocycles. The summed E-state index contributed by atoms with van der Waals surface area (Å²) < 4.78 is 20.2. The van der Waals surface area contributed by atoms with E-state index < -0.39 is 5.41 Å². The summed E-state index contributed by atoms with van der Waals surface area (Å²) in [5.74, 6) is 3.74. The third-order valence-corrected chi connectivity index (χ3v) is 12.1. The van der Waals surface area contributed by atoms with E-state index >= 15 is 0 Å². The Labute approximate surface area is 359 Å². The molecule has 0 unspecified atom stereocenters. The van der Waals surface area contributed by atoms with Gasteiger partial charge in [0.25, 0.3) is 0 Å². The number of para-hydroxylation sites is 2. The van der Waals surface area contributed by atoms with E-state index in [0.717, 1.165) is 61.4 Å². The molecule has 0 saturated carbocycles. The van der Waals surface area contributed by atoms with Crippen LogP contribution in [0, 0.1) is 18.5 Å². The third kappa shape index (κ3) is 5.28. The molecule has 9 aromatic rings. The smallest absolute Gasteiger partial charge is 0.242 e. The van der Waals surface area contributed by atoms with Crippen LogP contribution in [-0.2, 0) is 44.4 Å². The quantitative estimate of drug-likeness (QED) is 0.131. The van der Waals surface area contributed by atoms with Crippen molar-refractivity contribution in [3.05, 3.63) is 179 Å². The van der Waals surface area contributed by atoms with E-state index in [-0.39, 0.29) is 31.9 Å². The Balaban J connectivity index is 0.00000420. The van der Waals surface area contributed by atoms with E-state index in [1.807, 2.05) is 30.5 Å². The molecular weight excluding hydrogens is 908 g/mol. The monoisotopic (exact) mass is 949 g/mol. The molecule has 0 radical (unpaired) electrons. The zero-order valence-corrected chi connectivity index (χ0v) is 36.3. The van der Waals surface area contributed by atoms with Crippen LogP contribution in [-0.4, -0.2) is 14.1 Å². The first-order valence-electron chi connectivity index (χ1n) is 20.0. The molecule has 3 aromatic heterocycles. The Morgan fingerprint density at radius 1 is 0.661 bits per heavy atom. The maximum Gasteiger partial charge on any atom is 0.242 e. The topological polar surface area (TPSA) is 45.1 Å². The van der Waals surface area contributed by atoms with Crippen LogP contribution >= 0.6 is 0 Å². The first-order chi connectivity index (χ1) is 27.9. The molecule has 0 atom stereocenters. The summed E-state index contributed by atoms with van der Waals surface area (Å²) >= 11 is 0. The molecule has 0 bridgehead atoms. The normalized spacial score (nSPS) is 13.8. The summed E-state index contributed by atoms with van der Waals surface area (Å²) in [7, 11) is 2.07. The van der Waals surface area contributed by atoms with Gasteiger partial charge in [-0.3, -0.25) is 0 Å². The van der Waals surface area contributed by atoms with Crippen molar-refractivity contribution in [1.29, 1.82) is 0 Å². The maximum atomic E-state index is 7.02. The van der Waals surface area contributed by atoms with Crippen molar-refractivity contribution in [2.75, 3.05) is 0 Å². The molecule has 0 fully saturated rings. The van der Waals surface area contributed by atoms with Gasteiger partial charge in [-0.2, -0.15) is 12.1 Å². The number of nitrogens with zero attached hydrogens (tertiary/aromatic N) is 4. The summed E-state index contributed by atoms with van der Waals surface area (Å²) in [6.45, 7) is 13.8. The molecule has 6 aromatic carbocycles. The molecular formula is C52H42N4O2Pt-2. The van der Waals surface area contributed by atoms with Gasteiger partial charge >= 0.3 is 0 Å². The minimum Gasteiger partial charge on any atom is -0.510 e. The number of hydrogen-bond donors (Lipinski definition) is 0. The van der Waals surface area contributed by atoms with Crippen molar-refractivity contribution in [2.24, 2.45) is 7.05 Å². The number of hydrogen-bond acceptors (Lipinski definition) is 3. The van der Waals surface area contributed by atoms with Crippen molar-refractivity contribution in [2.45, 2.75) is 57.8 Å². The van der Waals surface area contributed by atoms with Gasteiger partial charge in [0.05, 0.1) is 18.1 Å². The first-order valence-corrected chi connectivity index (χ1v) is 20.0. The number of benzene rings is 6. The number of aryl methyl sites for hydroxylation is 1. The predicted molar refractivity (Wildman–Crippen MR) is 229 cm³/mol. The molecule has 6 nitrogen and oxygen atoms in total. The van der Waals surface area contributed by atoms with Crippen molar-refractivity contribution in [3.8, 4) is 34.5 Å². The molecule has 0 N–H and O–H groups in total. The average molecular weight is 950 g/mol. The van der Waals surface area contributed by atoms with Crippen LogP contribution in [0.5, 0.6) is 23.0 Å². The molecule has 2 aliphatic heterocycles. The maximum absolute atomic E-state index is 7.02. The number of fused-ring (bicyclic) bond motifs is 11. The first kappa shape index (κ1) is 37.3. The molecule has 5 heterocycles. The molecule has 0 saturated heterocycles. The number of pyridine rings is 1. The summed E-state index contributed by atoms with van der Waals surface area (Å²) in [6.07, 6.45) is 5.49. The second-order valence-electron chi connectivity index (χ2n) is 17.7. The zero-order chi connectivity index (χ0) is 39.7. The average Bonchev–Trinajstić information content (AvgIpc) is 3.73. The van der Waals surface area contributed by atoms with Gasteiger partial charge in [-0.1, -0.05) is 119 Å². The van der Waals surface area contributed by atoms with Crippen LogP contribution in [0.15, 0.2) is 128 Å². The SMILES string of the molecule is C[n+]1[c-]n2c3c(cccc31)C1(c3ccc(Oc4[c-]c5c(cc4)c4ccccc4n5-c4ccccn4)[c-]c3-2)c2c(cccc2C(C)(C)C)Oc2cccc(C(C)(C)C)c21.[Pt]. The Morgan fingerprint density at radius 2 is 1.32 bits per heavy atom. The fourth-order valence-electron chi connectivity index (χ4n) is 9.72. The predicted octanol–water partition coefficient (Wildman–Crippen LogP) is 11.5. The summed E-state index contributed by atoms with van der Waals surface area (Å²) in [4.78, 5) is 4.72. The minimum absolute atomic E-state index is 0. The number of rotatable bonds is 3. The van der Waals surface area contributed by atoms with E-state index in [0.29, 0.717) is 11.5 Å². The van der Waals surface area contributed by atoms with Gasteiger partial charge < -0.3 is 23.2 Å². The molecule has 7 heteroatoms. The summed E-state index contributed by atoms with van der Waals surface area (Å²) in [6, 6.07) is 50.0. The van der Waals surface area contributed by atoms with Gasteiger partial charge in [-0.05, 0) is 63.2 Å². The molecule has 1 spiro atoms. The van der Waals surface area contributed by atoms with Crippen LogP contribution in [0.25, 0.3) is 44.3 Å². The van der Waals surface area contributed by atoms with E-state index in [4.69, 9.17) is 14.5 Å². The largest absolute Gasteiger partial charge is 0.510 e. The summed E-state index contributed by atoms with van der Waals surface area (Å²) in [5.41, 5.74) is 11.0. The van der Waals surface area contributed by atoms with Gasteiger partial charge in [0.2, 0.25) is 6.33 Å². The number of ether oxygens (including phenoxy) is 2. The Bertz CT molecular complexity index is 3100. The number of imidazole rings is 1. The van der Waals surface area contributed by atoms with Crippen LogP contribution in [0.2, 0.25) is 0 Å². The molecule has 2 aliphatic rings. The van der Waals surface area contributed by atoms with E-state index in [9.17, 15) is 0 Å². The van der Waals surface area contributed by atoms with Gasteiger partial charge in [-0.15, -0.1) is 35.2 Å².